The molecule has 6 heteroatoms. The Bertz CT molecular complexity index is 1260. The Morgan fingerprint density at radius 2 is 1.74 bits per heavy atom. The molecule has 5 aromatic rings. The normalized spacial score (nSPS) is 11.1. The molecule has 0 saturated heterocycles. The summed E-state index contributed by atoms with van der Waals surface area (Å²) in [4.78, 5) is 13.1. The zero-order valence-corrected chi connectivity index (χ0v) is 14.6. The molecule has 0 spiro atoms. The van der Waals surface area contributed by atoms with Crippen LogP contribution in [0.5, 0.6) is 11.6 Å². The van der Waals surface area contributed by atoms with Crippen LogP contribution in [-0.2, 0) is 0 Å². The number of ether oxygens (including phenoxy) is 1. The van der Waals surface area contributed by atoms with E-state index in [-0.39, 0.29) is 0 Å². The summed E-state index contributed by atoms with van der Waals surface area (Å²) < 4.78 is 7.89. The standard InChI is InChI=1S/C21H15N5O/c1-14-7-9-16(10-8-14)26-20-17(12-25-26)21(24-13-23-20)27-18-6-2-4-15-5-3-11-22-19(15)18/h2-13H,1H3. The van der Waals surface area contributed by atoms with Crippen molar-refractivity contribution < 1.29 is 4.74 Å². The van der Waals surface area contributed by atoms with Crippen molar-refractivity contribution in [2.24, 2.45) is 0 Å². The van der Waals surface area contributed by atoms with E-state index in [4.69, 9.17) is 4.74 Å². The van der Waals surface area contributed by atoms with Crippen LogP contribution in [0.1, 0.15) is 5.56 Å². The molecular weight excluding hydrogens is 338 g/mol. The minimum Gasteiger partial charge on any atom is -0.436 e. The van der Waals surface area contributed by atoms with Crippen molar-refractivity contribution >= 4 is 21.9 Å². The first-order chi connectivity index (χ1) is 13.3. The molecule has 0 aliphatic rings. The Kier molecular flexibility index (Phi) is 3.53. The van der Waals surface area contributed by atoms with Crippen molar-refractivity contribution in [2.45, 2.75) is 6.92 Å². The third kappa shape index (κ3) is 2.67. The van der Waals surface area contributed by atoms with Crippen LogP contribution in [0.15, 0.2) is 73.3 Å². The predicted octanol–water partition coefficient (Wildman–Crippen LogP) is 4.46. The summed E-state index contributed by atoms with van der Waals surface area (Å²) >= 11 is 0. The molecule has 27 heavy (non-hydrogen) atoms. The van der Waals surface area contributed by atoms with Gasteiger partial charge in [0.1, 0.15) is 17.2 Å². The van der Waals surface area contributed by atoms with E-state index in [2.05, 4.69) is 27.0 Å². The molecule has 5 rings (SSSR count). The number of aryl methyl sites for hydroxylation is 1. The second-order valence-corrected chi connectivity index (χ2v) is 6.24. The lowest BCUT2D eigenvalue weighted by atomic mass is 10.2. The molecule has 0 radical (unpaired) electrons. The second-order valence-electron chi connectivity index (χ2n) is 6.24. The number of aromatic nitrogens is 5. The minimum atomic E-state index is 0.455. The predicted molar refractivity (Wildman–Crippen MR) is 103 cm³/mol. The van der Waals surface area contributed by atoms with Crippen LogP contribution in [0.2, 0.25) is 0 Å². The third-order valence-corrected chi connectivity index (χ3v) is 4.41. The molecule has 0 aliphatic heterocycles. The summed E-state index contributed by atoms with van der Waals surface area (Å²) in [7, 11) is 0. The first-order valence-corrected chi connectivity index (χ1v) is 8.57. The molecule has 6 nitrogen and oxygen atoms in total. The van der Waals surface area contributed by atoms with Crippen molar-refractivity contribution in [2.75, 3.05) is 0 Å². The van der Waals surface area contributed by atoms with Crippen molar-refractivity contribution in [3.8, 4) is 17.3 Å². The van der Waals surface area contributed by atoms with E-state index >= 15 is 0 Å². The quantitative estimate of drug-likeness (QED) is 0.479. The molecule has 0 N–H and O–H groups in total. The maximum atomic E-state index is 6.11. The van der Waals surface area contributed by atoms with Gasteiger partial charge >= 0.3 is 0 Å². The number of fused-ring (bicyclic) bond motifs is 2. The maximum absolute atomic E-state index is 6.11. The first kappa shape index (κ1) is 15.5. The molecule has 0 fully saturated rings. The Balaban J connectivity index is 1.61. The number of pyridine rings is 1. The number of hydrogen-bond donors (Lipinski definition) is 0. The van der Waals surface area contributed by atoms with E-state index in [0.29, 0.717) is 17.3 Å². The van der Waals surface area contributed by atoms with Gasteiger partial charge in [0.15, 0.2) is 11.4 Å². The lowest BCUT2D eigenvalue weighted by Gasteiger charge is -2.08. The van der Waals surface area contributed by atoms with Crippen LogP contribution in [0.25, 0.3) is 27.6 Å². The van der Waals surface area contributed by atoms with Gasteiger partial charge in [-0.1, -0.05) is 35.9 Å². The van der Waals surface area contributed by atoms with Crippen LogP contribution in [-0.4, -0.2) is 24.7 Å². The summed E-state index contributed by atoms with van der Waals surface area (Å²) in [5.41, 5.74) is 3.61. The van der Waals surface area contributed by atoms with E-state index in [1.165, 1.54) is 11.9 Å². The van der Waals surface area contributed by atoms with Gasteiger partial charge in [0.2, 0.25) is 5.88 Å². The van der Waals surface area contributed by atoms with Crippen LogP contribution in [0.3, 0.4) is 0 Å². The Morgan fingerprint density at radius 1 is 0.889 bits per heavy atom. The number of rotatable bonds is 3. The van der Waals surface area contributed by atoms with Gasteiger partial charge in [0.25, 0.3) is 0 Å². The van der Waals surface area contributed by atoms with Crippen molar-refractivity contribution in [3.05, 3.63) is 78.9 Å². The lowest BCUT2D eigenvalue weighted by Crippen LogP contribution is -1.98. The minimum absolute atomic E-state index is 0.455. The van der Waals surface area contributed by atoms with Crippen LogP contribution in [0.4, 0.5) is 0 Å². The molecular formula is C21H15N5O. The number of hydrogen-bond acceptors (Lipinski definition) is 5. The maximum Gasteiger partial charge on any atom is 0.233 e. The molecule has 0 bridgehead atoms. The lowest BCUT2D eigenvalue weighted by molar-refractivity contribution is 0.472. The Hall–Kier alpha value is -3.80. The SMILES string of the molecule is Cc1ccc(-n2ncc3c(Oc4cccc5cccnc45)ncnc32)cc1. The molecule has 2 aromatic carbocycles. The van der Waals surface area contributed by atoms with Crippen molar-refractivity contribution in [1.29, 1.82) is 0 Å². The highest BCUT2D eigenvalue weighted by atomic mass is 16.5. The van der Waals surface area contributed by atoms with E-state index in [1.807, 2.05) is 54.6 Å². The fourth-order valence-corrected chi connectivity index (χ4v) is 3.04. The van der Waals surface area contributed by atoms with Crippen LogP contribution in [0, 0.1) is 6.92 Å². The summed E-state index contributed by atoms with van der Waals surface area (Å²) in [6.07, 6.45) is 4.96. The Morgan fingerprint density at radius 3 is 2.63 bits per heavy atom. The highest BCUT2D eigenvalue weighted by molar-refractivity contribution is 5.86. The van der Waals surface area contributed by atoms with Gasteiger partial charge < -0.3 is 4.74 Å². The van der Waals surface area contributed by atoms with E-state index in [9.17, 15) is 0 Å². The highest BCUT2D eigenvalue weighted by Crippen LogP contribution is 2.31. The average Bonchev–Trinajstić information content (AvgIpc) is 3.14. The van der Waals surface area contributed by atoms with Crippen LogP contribution < -0.4 is 4.74 Å². The number of nitrogens with zero attached hydrogens (tertiary/aromatic N) is 5. The zero-order chi connectivity index (χ0) is 18.2. The first-order valence-electron chi connectivity index (χ1n) is 8.57. The largest absolute Gasteiger partial charge is 0.436 e. The molecule has 3 heterocycles. The molecule has 0 amide bonds. The summed E-state index contributed by atoms with van der Waals surface area (Å²) in [6.45, 7) is 2.05. The topological polar surface area (TPSA) is 65.7 Å². The zero-order valence-electron chi connectivity index (χ0n) is 14.6. The molecule has 0 saturated carbocycles. The van der Waals surface area contributed by atoms with Crippen molar-refractivity contribution in [3.63, 3.8) is 0 Å². The Labute approximate surface area is 155 Å². The summed E-state index contributed by atoms with van der Waals surface area (Å²) in [5.74, 6) is 1.10. The molecule has 0 atom stereocenters. The number of benzene rings is 2. The van der Waals surface area contributed by atoms with Gasteiger partial charge in [-0.3, -0.25) is 4.98 Å². The van der Waals surface area contributed by atoms with Gasteiger partial charge in [0, 0.05) is 11.6 Å². The molecule has 130 valence electrons. The average molecular weight is 353 g/mol. The fourth-order valence-electron chi connectivity index (χ4n) is 3.04. The summed E-state index contributed by atoms with van der Waals surface area (Å²) in [5, 5.41) is 6.23. The highest BCUT2D eigenvalue weighted by Gasteiger charge is 2.14. The fraction of sp³-hybridized carbons (Fsp3) is 0.0476. The van der Waals surface area contributed by atoms with E-state index in [0.717, 1.165) is 22.0 Å². The van der Waals surface area contributed by atoms with Crippen molar-refractivity contribution in [1.82, 2.24) is 24.7 Å². The number of para-hydroxylation sites is 1. The second kappa shape index (κ2) is 6.17. The van der Waals surface area contributed by atoms with E-state index in [1.54, 1.807) is 17.1 Å². The van der Waals surface area contributed by atoms with Gasteiger partial charge in [-0.15, -0.1) is 0 Å². The van der Waals surface area contributed by atoms with Gasteiger partial charge in [-0.2, -0.15) is 5.10 Å². The van der Waals surface area contributed by atoms with E-state index < -0.39 is 0 Å². The van der Waals surface area contributed by atoms with Gasteiger partial charge in [-0.25, -0.2) is 14.6 Å². The van der Waals surface area contributed by atoms with Crippen LogP contribution >= 0.6 is 0 Å². The van der Waals surface area contributed by atoms with Gasteiger partial charge in [-0.05, 0) is 31.2 Å². The molecule has 0 unspecified atom stereocenters. The third-order valence-electron chi connectivity index (χ3n) is 4.41. The smallest absolute Gasteiger partial charge is 0.233 e. The molecule has 3 aromatic heterocycles. The monoisotopic (exact) mass is 353 g/mol. The summed E-state index contributed by atoms with van der Waals surface area (Å²) in [6, 6.07) is 17.8. The molecule has 0 aliphatic carbocycles. The van der Waals surface area contributed by atoms with Gasteiger partial charge in [0.05, 0.1) is 11.9 Å².